The zero-order valence-electron chi connectivity index (χ0n) is 11.3. The average Bonchev–Trinajstić information content (AvgIpc) is 3.15. The molecule has 1 atom stereocenters. The Morgan fingerprint density at radius 2 is 2.14 bits per heavy atom. The molecule has 106 valence electrons. The zero-order chi connectivity index (χ0) is 14.2. The predicted octanol–water partition coefficient (Wildman–Crippen LogP) is 2.35. The lowest BCUT2D eigenvalue weighted by Crippen LogP contribution is -2.16. The summed E-state index contributed by atoms with van der Waals surface area (Å²) in [6.45, 7) is 0.989. The molecule has 0 bridgehead atoms. The van der Waals surface area contributed by atoms with Crippen LogP contribution in [0.25, 0.3) is 16.9 Å². The van der Waals surface area contributed by atoms with E-state index in [0.29, 0.717) is 11.3 Å². The van der Waals surface area contributed by atoms with Crippen molar-refractivity contribution < 1.29 is 4.39 Å². The first kappa shape index (κ1) is 12.4. The van der Waals surface area contributed by atoms with Gasteiger partial charge < -0.3 is 5.32 Å². The normalized spacial score (nSPS) is 18.4. The molecule has 6 heteroatoms. The Morgan fingerprint density at radius 1 is 1.19 bits per heavy atom. The topological polar surface area (TPSA) is 55.1 Å². The predicted molar refractivity (Wildman–Crippen MR) is 76.2 cm³/mol. The Morgan fingerprint density at radius 3 is 2.95 bits per heavy atom. The molecule has 3 heterocycles. The van der Waals surface area contributed by atoms with Crippen LogP contribution in [0.15, 0.2) is 36.4 Å². The molecule has 1 aliphatic heterocycles. The number of aromatic nitrogens is 4. The Hall–Kier alpha value is -2.34. The van der Waals surface area contributed by atoms with E-state index in [1.807, 2.05) is 18.2 Å². The van der Waals surface area contributed by atoms with E-state index in [1.54, 1.807) is 10.6 Å². The molecule has 0 spiro atoms. The molecular formula is C15H14FN5. The minimum absolute atomic E-state index is 0.190. The monoisotopic (exact) mass is 283 g/mol. The van der Waals surface area contributed by atoms with Crippen LogP contribution < -0.4 is 5.32 Å². The van der Waals surface area contributed by atoms with Crippen LogP contribution in [0.4, 0.5) is 4.39 Å². The van der Waals surface area contributed by atoms with Crippen LogP contribution in [0.2, 0.25) is 0 Å². The first-order valence-corrected chi connectivity index (χ1v) is 7.03. The summed E-state index contributed by atoms with van der Waals surface area (Å²) >= 11 is 0. The standard InChI is InChI=1S/C15H14FN5/c16-11-4-1-3-10(9-11)12-6-7-14-18-19-15(21(14)20-12)13-5-2-8-17-13/h1,3-4,6-7,9,13,17H,2,5,8H2. The molecule has 0 saturated carbocycles. The Bertz CT molecular complexity index is 792. The third-order valence-electron chi connectivity index (χ3n) is 3.78. The van der Waals surface area contributed by atoms with E-state index in [4.69, 9.17) is 0 Å². The number of halogens is 1. The maximum absolute atomic E-state index is 13.4. The SMILES string of the molecule is Fc1cccc(-c2ccc3nnc(C4CCCN4)n3n2)c1. The highest BCUT2D eigenvalue weighted by atomic mass is 19.1. The molecule has 0 radical (unpaired) electrons. The minimum atomic E-state index is -0.268. The fraction of sp³-hybridized carbons (Fsp3) is 0.267. The van der Waals surface area contributed by atoms with Crippen LogP contribution in [0, 0.1) is 5.82 Å². The van der Waals surface area contributed by atoms with Gasteiger partial charge in [0.15, 0.2) is 11.5 Å². The van der Waals surface area contributed by atoms with E-state index in [0.717, 1.165) is 30.8 Å². The minimum Gasteiger partial charge on any atom is -0.307 e. The van der Waals surface area contributed by atoms with Crippen molar-refractivity contribution in [1.29, 1.82) is 0 Å². The van der Waals surface area contributed by atoms with Crippen LogP contribution in [-0.2, 0) is 0 Å². The van der Waals surface area contributed by atoms with Crippen molar-refractivity contribution >= 4 is 5.65 Å². The third-order valence-corrected chi connectivity index (χ3v) is 3.78. The summed E-state index contributed by atoms with van der Waals surface area (Å²) in [5.41, 5.74) is 2.16. The fourth-order valence-electron chi connectivity index (χ4n) is 2.73. The quantitative estimate of drug-likeness (QED) is 0.784. The highest BCUT2D eigenvalue weighted by Crippen LogP contribution is 2.23. The Kier molecular flexibility index (Phi) is 2.89. The zero-order valence-corrected chi connectivity index (χ0v) is 11.3. The van der Waals surface area contributed by atoms with Crippen molar-refractivity contribution in [1.82, 2.24) is 25.1 Å². The van der Waals surface area contributed by atoms with Gasteiger partial charge >= 0.3 is 0 Å². The second-order valence-corrected chi connectivity index (χ2v) is 5.21. The molecule has 1 N–H and O–H groups in total. The molecule has 0 aliphatic carbocycles. The van der Waals surface area contributed by atoms with Crippen molar-refractivity contribution in [3.05, 3.63) is 48.0 Å². The number of benzene rings is 1. The van der Waals surface area contributed by atoms with E-state index in [2.05, 4.69) is 20.6 Å². The van der Waals surface area contributed by atoms with Gasteiger partial charge in [0, 0.05) is 5.56 Å². The lowest BCUT2D eigenvalue weighted by molar-refractivity contribution is 0.584. The van der Waals surface area contributed by atoms with Gasteiger partial charge in [-0.1, -0.05) is 12.1 Å². The smallest absolute Gasteiger partial charge is 0.178 e. The van der Waals surface area contributed by atoms with Crippen molar-refractivity contribution in [3.63, 3.8) is 0 Å². The number of rotatable bonds is 2. The van der Waals surface area contributed by atoms with Gasteiger partial charge in [-0.3, -0.25) is 0 Å². The molecule has 5 nitrogen and oxygen atoms in total. The molecule has 2 aromatic heterocycles. The highest BCUT2D eigenvalue weighted by Gasteiger charge is 2.22. The number of nitrogens with one attached hydrogen (secondary N) is 1. The molecule has 1 aromatic carbocycles. The van der Waals surface area contributed by atoms with Crippen molar-refractivity contribution in [2.75, 3.05) is 6.54 Å². The van der Waals surface area contributed by atoms with E-state index in [-0.39, 0.29) is 11.9 Å². The van der Waals surface area contributed by atoms with Gasteiger partial charge in [0.1, 0.15) is 5.82 Å². The molecule has 1 saturated heterocycles. The van der Waals surface area contributed by atoms with Gasteiger partial charge in [-0.25, -0.2) is 4.39 Å². The number of fused-ring (bicyclic) bond motifs is 1. The van der Waals surface area contributed by atoms with Gasteiger partial charge in [-0.15, -0.1) is 10.2 Å². The molecule has 4 rings (SSSR count). The van der Waals surface area contributed by atoms with Crippen LogP contribution >= 0.6 is 0 Å². The second-order valence-electron chi connectivity index (χ2n) is 5.21. The summed E-state index contributed by atoms with van der Waals surface area (Å²) in [5.74, 6) is 0.552. The summed E-state index contributed by atoms with van der Waals surface area (Å²) < 4.78 is 15.1. The second kappa shape index (κ2) is 4.89. The van der Waals surface area contributed by atoms with Crippen molar-refractivity contribution in [2.45, 2.75) is 18.9 Å². The Labute approximate surface area is 120 Å². The maximum Gasteiger partial charge on any atom is 0.178 e. The third kappa shape index (κ3) is 2.17. The maximum atomic E-state index is 13.4. The molecule has 21 heavy (non-hydrogen) atoms. The summed E-state index contributed by atoms with van der Waals surface area (Å²) in [7, 11) is 0. The van der Waals surface area contributed by atoms with E-state index in [9.17, 15) is 4.39 Å². The molecule has 3 aromatic rings. The van der Waals surface area contributed by atoms with E-state index in [1.165, 1.54) is 12.1 Å². The van der Waals surface area contributed by atoms with Crippen LogP contribution in [-0.4, -0.2) is 26.4 Å². The first-order valence-electron chi connectivity index (χ1n) is 7.03. The van der Waals surface area contributed by atoms with Crippen LogP contribution in [0.3, 0.4) is 0 Å². The van der Waals surface area contributed by atoms with Crippen molar-refractivity contribution in [2.24, 2.45) is 0 Å². The summed E-state index contributed by atoms with van der Waals surface area (Å²) in [4.78, 5) is 0. The number of hydrogen-bond donors (Lipinski definition) is 1. The van der Waals surface area contributed by atoms with E-state index >= 15 is 0 Å². The fourth-order valence-corrected chi connectivity index (χ4v) is 2.73. The van der Waals surface area contributed by atoms with Crippen LogP contribution in [0.5, 0.6) is 0 Å². The van der Waals surface area contributed by atoms with Gasteiger partial charge in [0.2, 0.25) is 0 Å². The van der Waals surface area contributed by atoms with Gasteiger partial charge in [0.25, 0.3) is 0 Å². The lowest BCUT2D eigenvalue weighted by Gasteiger charge is -2.08. The molecule has 1 unspecified atom stereocenters. The highest BCUT2D eigenvalue weighted by molar-refractivity contribution is 5.60. The summed E-state index contributed by atoms with van der Waals surface area (Å²) in [6, 6.07) is 10.3. The van der Waals surface area contributed by atoms with Crippen LogP contribution in [0.1, 0.15) is 24.7 Å². The molecule has 1 fully saturated rings. The largest absolute Gasteiger partial charge is 0.307 e. The average molecular weight is 283 g/mol. The summed E-state index contributed by atoms with van der Waals surface area (Å²) in [5, 5.41) is 16.4. The lowest BCUT2D eigenvalue weighted by atomic mass is 10.1. The molecular weight excluding hydrogens is 269 g/mol. The number of hydrogen-bond acceptors (Lipinski definition) is 4. The Balaban J connectivity index is 1.83. The van der Waals surface area contributed by atoms with E-state index < -0.39 is 0 Å². The molecule has 0 amide bonds. The van der Waals surface area contributed by atoms with Gasteiger partial charge in [-0.05, 0) is 43.7 Å². The first-order chi connectivity index (χ1) is 10.3. The molecule has 1 aliphatic rings. The summed E-state index contributed by atoms with van der Waals surface area (Å²) in [6.07, 6.45) is 2.16. The van der Waals surface area contributed by atoms with Gasteiger partial charge in [-0.2, -0.15) is 9.61 Å². The van der Waals surface area contributed by atoms with Crippen molar-refractivity contribution in [3.8, 4) is 11.3 Å². The number of nitrogens with zero attached hydrogens (tertiary/aromatic N) is 4. The van der Waals surface area contributed by atoms with Gasteiger partial charge in [0.05, 0.1) is 11.7 Å².